The Bertz CT molecular complexity index is 747. The predicted octanol–water partition coefficient (Wildman–Crippen LogP) is 5.48. The highest BCUT2D eigenvalue weighted by Gasteiger charge is 2.18. The lowest BCUT2D eigenvalue weighted by atomic mass is 9.87. The maximum Gasteiger partial charge on any atom is 0.319 e. The van der Waals surface area contributed by atoms with Gasteiger partial charge in [0.1, 0.15) is 11.0 Å². The summed E-state index contributed by atoms with van der Waals surface area (Å²) in [5, 5.41) is 2.04. The molecule has 0 aromatic heterocycles. The molecular weight excluding hydrogens is 332 g/mol. The summed E-state index contributed by atoms with van der Waals surface area (Å²) in [6.07, 6.45) is 1.03. The first kappa shape index (κ1) is 19.6. The summed E-state index contributed by atoms with van der Waals surface area (Å²) >= 11 is 1.47. The zero-order valence-corrected chi connectivity index (χ0v) is 16.8. The minimum Gasteiger partial charge on any atom is -0.496 e. The first-order chi connectivity index (χ1) is 11.7. The highest BCUT2D eigenvalue weighted by atomic mass is 32.2. The van der Waals surface area contributed by atoms with Crippen LogP contribution in [-0.4, -0.2) is 24.9 Å². The Balaban J connectivity index is 2.33. The van der Waals surface area contributed by atoms with Gasteiger partial charge in [-0.3, -0.25) is 4.79 Å². The Labute approximate surface area is 155 Å². The van der Waals surface area contributed by atoms with E-state index in [1.54, 1.807) is 7.11 Å². The molecule has 2 aromatic rings. The van der Waals surface area contributed by atoms with Gasteiger partial charge < -0.3 is 9.47 Å². The molecule has 3 nitrogen and oxygen atoms in total. The molecule has 0 spiro atoms. The number of rotatable bonds is 6. The van der Waals surface area contributed by atoms with Gasteiger partial charge in [-0.25, -0.2) is 0 Å². The molecule has 2 aromatic carbocycles. The molecule has 4 heteroatoms. The molecule has 0 bridgehead atoms. The molecule has 0 fully saturated rings. The summed E-state index contributed by atoms with van der Waals surface area (Å²) in [4.78, 5) is 12.9. The number of fused-ring (bicyclic) bond motifs is 1. The Kier molecular flexibility index (Phi) is 6.39. The number of carbonyl (C=O) groups excluding carboxylic acids is 1. The standard InChI is InChI=1S/C21H28O3S/c1-7-24-20(22)14(2)25-19-12-16-9-8-15(13-21(3,4)5)10-17(16)11-18(19)23-6/h8-12,14H,7,13H2,1-6H3. The molecule has 0 saturated heterocycles. The van der Waals surface area contributed by atoms with Gasteiger partial charge in [-0.1, -0.05) is 39.0 Å². The molecule has 25 heavy (non-hydrogen) atoms. The van der Waals surface area contributed by atoms with Gasteiger partial charge in [-0.2, -0.15) is 0 Å². The van der Waals surface area contributed by atoms with Gasteiger partial charge in [0.2, 0.25) is 0 Å². The highest BCUT2D eigenvalue weighted by Crippen LogP contribution is 2.37. The van der Waals surface area contributed by atoms with Gasteiger partial charge >= 0.3 is 5.97 Å². The topological polar surface area (TPSA) is 35.5 Å². The number of methoxy groups -OCH3 is 1. The lowest BCUT2D eigenvalue weighted by Crippen LogP contribution is -2.16. The van der Waals surface area contributed by atoms with Crippen molar-refractivity contribution < 1.29 is 14.3 Å². The van der Waals surface area contributed by atoms with E-state index in [1.165, 1.54) is 17.3 Å². The van der Waals surface area contributed by atoms with Gasteiger partial charge in [0.25, 0.3) is 0 Å². The van der Waals surface area contributed by atoms with E-state index in [4.69, 9.17) is 9.47 Å². The SMILES string of the molecule is CCOC(=O)C(C)Sc1cc2ccc(CC(C)(C)C)cc2cc1OC. The fourth-order valence-electron chi connectivity index (χ4n) is 2.78. The second kappa shape index (κ2) is 8.13. The van der Waals surface area contributed by atoms with Gasteiger partial charge in [-0.15, -0.1) is 11.8 Å². The maximum atomic E-state index is 11.9. The molecular formula is C21H28O3S. The van der Waals surface area contributed by atoms with Crippen molar-refractivity contribution in [1.82, 2.24) is 0 Å². The molecule has 0 heterocycles. The Morgan fingerprint density at radius 3 is 2.48 bits per heavy atom. The Morgan fingerprint density at radius 1 is 1.16 bits per heavy atom. The van der Waals surface area contributed by atoms with Crippen molar-refractivity contribution in [3.8, 4) is 5.75 Å². The summed E-state index contributed by atoms with van der Waals surface area (Å²) in [7, 11) is 1.67. The van der Waals surface area contributed by atoms with Gasteiger partial charge in [0.15, 0.2) is 0 Å². The van der Waals surface area contributed by atoms with Gasteiger partial charge in [0, 0.05) is 0 Å². The lowest BCUT2D eigenvalue weighted by Gasteiger charge is -2.19. The number of esters is 1. The third-order valence-corrected chi connectivity index (χ3v) is 4.96. The van der Waals surface area contributed by atoms with E-state index in [2.05, 4.69) is 51.1 Å². The molecule has 0 amide bonds. The second-order valence-corrected chi connectivity index (χ2v) is 8.82. The first-order valence-corrected chi connectivity index (χ1v) is 9.55. The minimum absolute atomic E-state index is 0.199. The number of carbonyl (C=O) groups is 1. The fourth-order valence-corrected chi connectivity index (χ4v) is 3.78. The Morgan fingerprint density at radius 2 is 1.88 bits per heavy atom. The van der Waals surface area contributed by atoms with Crippen LogP contribution in [0.4, 0.5) is 0 Å². The third kappa shape index (κ3) is 5.40. The van der Waals surface area contributed by atoms with Crippen molar-refractivity contribution in [2.75, 3.05) is 13.7 Å². The summed E-state index contributed by atoms with van der Waals surface area (Å²) in [6, 6.07) is 10.7. The maximum absolute atomic E-state index is 11.9. The molecule has 0 N–H and O–H groups in total. The average molecular weight is 361 g/mol. The third-order valence-electron chi connectivity index (χ3n) is 3.84. The van der Waals surface area contributed by atoms with Crippen LogP contribution < -0.4 is 4.74 Å². The van der Waals surface area contributed by atoms with Crippen LogP contribution in [0.2, 0.25) is 0 Å². The van der Waals surface area contributed by atoms with E-state index in [-0.39, 0.29) is 16.6 Å². The number of thioether (sulfide) groups is 1. The van der Waals surface area contributed by atoms with Crippen molar-refractivity contribution in [3.63, 3.8) is 0 Å². The molecule has 1 atom stereocenters. The largest absolute Gasteiger partial charge is 0.496 e. The van der Waals surface area contributed by atoms with Crippen molar-refractivity contribution in [2.24, 2.45) is 5.41 Å². The normalized spacial score (nSPS) is 12.9. The minimum atomic E-state index is -0.272. The molecule has 0 aliphatic heterocycles. The van der Waals surface area contributed by atoms with Crippen LogP contribution in [0.15, 0.2) is 35.2 Å². The van der Waals surface area contributed by atoms with Crippen LogP contribution in [0.3, 0.4) is 0 Å². The van der Waals surface area contributed by atoms with Crippen LogP contribution in [0.5, 0.6) is 5.75 Å². The van der Waals surface area contributed by atoms with E-state index in [9.17, 15) is 4.79 Å². The first-order valence-electron chi connectivity index (χ1n) is 8.67. The number of ether oxygens (including phenoxy) is 2. The molecule has 0 aliphatic carbocycles. The van der Waals surface area contributed by atoms with E-state index in [0.717, 1.165) is 27.8 Å². The van der Waals surface area contributed by atoms with Crippen LogP contribution in [0.1, 0.15) is 40.2 Å². The predicted molar refractivity (Wildman–Crippen MR) is 106 cm³/mol. The summed E-state index contributed by atoms with van der Waals surface area (Å²) in [5.74, 6) is 0.594. The monoisotopic (exact) mass is 360 g/mol. The quantitative estimate of drug-likeness (QED) is 0.505. The Hall–Kier alpha value is -1.68. The lowest BCUT2D eigenvalue weighted by molar-refractivity contribution is -0.142. The average Bonchev–Trinajstić information content (AvgIpc) is 2.53. The molecule has 0 aliphatic rings. The van der Waals surface area contributed by atoms with E-state index in [1.807, 2.05) is 13.8 Å². The number of hydrogen-bond donors (Lipinski definition) is 0. The van der Waals surface area contributed by atoms with E-state index >= 15 is 0 Å². The van der Waals surface area contributed by atoms with E-state index < -0.39 is 0 Å². The van der Waals surface area contributed by atoms with Crippen molar-refractivity contribution in [3.05, 3.63) is 35.9 Å². The fraction of sp³-hybridized carbons (Fsp3) is 0.476. The molecule has 136 valence electrons. The van der Waals surface area contributed by atoms with E-state index in [0.29, 0.717) is 6.61 Å². The summed E-state index contributed by atoms with van der Waals surface area (Å²) in [5.41, 5.74) is 1.57. The van der Waals surface area contributed by atoms with Crippen LogP contribution >= 0.6 is 11.8 Å². The van der Waals surface area contributed by atoms with Crippen molar-refractivity contribution >= 4 is 28.5 Å². The molecule has 1 unspecified atom stereocenters. The van der Waals surface area contributed by atoms with Gasteiger partial charge in [0.05, 0.1) is 18.6 Å². The van der Waals surface area contributed by atoms with Crippen LogP contribution in [0, 0.1) is 5.41 Å². The smallest absolute Gasteiger partial charge is 0.319 e. The van der Waals surface area contributed by atoms with Gasteiger partial charge in [-0.05, 0) is 54.2 Å². The zero-order valence-electron chi connectivity index (χ0n) is 16.0. The highest BCUT2D eigenvalue weighted by molar-refractivity contribution is 8.00. The van der Waals surface area contributed by atoms with Crippen LogP contribution in [-0.2, 0) is 16.0 Å². The van der Waals surface area contributed by atoms with Crippen molar-refractivity contribution in [1.29, 1.82) is 0 Å². The van der Waals surface area contributed by atoms with Crippen molar-refractivity contribution in [2.45, 2.75) is 51.2 Å². The molecule has 0 saturated carbocycles. The molecule has 0 radical (unpaired) electrons. The van der Waals surface area contributed by atoms with Crippen LogP contribution in [0.25, 0.3) is 10.8 Å². The molecule has 2 rings (SSSR count). The summed E-state index contributed by atoms with van der Waals surface area (Å²) in [6.45, 7) is 10.8. The second-order valence-electron chi connectivity index (χ2n) is 7.43. The number of benzene rings is 2. The summed E-state index contributed by atoms with van der Waals surface area (Å²) < 4.78 is 10.7. The zero-order chi connectivity index (χ0) is 18.6. The number of hydrogen-bond acceptors (Lipinski definition) is 4.